The largest absolute Gasteiger partial charge is 0.476 e. The van der Waals surface area contributed by atoms with Crippen molar-refractivity contribution in [3.8, 4) is 11.3 Å². The van der Waals surface area contributed by atoms with Crippen molar-refractivity contribution in [2.45, 2.75) is 4.90 Å². The predicted octanol–water partition coefficient (Wildman–Crippen LogP) is 1.33. The van der Waals surface area contributed by atoms with Gasteiger partial charge in [-0.3, -0.25) is 4.68 Å². The number of sulfone groups is 1. The van der Waals surface area contributed by atoms with E-state index in [1.807, 2.05) is 0 Å². The van der Waals surface area contributed by atoms with E-state index in [0.29, 0.717) is 0 Å². The maximum absolute atomic E-state index is 13.8. The molecule has 20 heavy (non-hydrogen) atoms. The van der Waals surface area contributed by atoms with Crippen LogP contribution in [0.2, 0.25) is 0 Å². The van der Waals surface area contributed by atoms with Crippen LogP contribution in [0.4, 0.5) is 4.39 Å². The van der Waals surface area contributed by atoms with E-state index in [4.69, 9.17) is 5.11 Å². The molecular weight excluding hydrogens is 287 g/mol. The van der Waals surface area contributed by atoms with Gasteiger partial charge in [-0.25, -0.2) is 17.6 Å². The van der Waals surface area contributed by atoms with Crippen LogP contribution in [-0.4, -0.2) is 35.5 Å². The molecule has 0 unspecified atom stereocenters. The van der Waals surface area contributed by atoms with E-state index in [1.54, 1.807) is 0 Å². The number of hydrogen-bond donors (Lipinski definition) is 1. The van der Waals surface area contributed by atoms with Gasteiger partial charge >= 0.3 is 5.97 Å². The Kier molecular flexibility index (Phi) is 3.34. The Morgan fingerprint density at radius 3 is 2.55 bits per heavy atom. The first-order valence-corrected chi connectivity index (χ1v) is 7.37. The second-order valence-corrected chi connectivity index (χ2v) is 6.18. The van der Waals surface area contributed by atoms with Crippen molar-refractivity contribution in [1.82, 2.24) is 9.78 Å². The number of aryl methyl sites for hydroxylation is 1. The van der Waals surface area contributed by atoms with Gasteiger partial charge < -0.3 is 5.11 Å². The zero-order valence-electron chi connectivity index (χ0n) is 10.7. The van der Waals surface area contributed by atoms with Crippen LogP contribution in [0.5, 0.6) is 0 Å². The molecule has 0 fully saturated rings. The van der Waals surface area contributed by atoms with E-state index in [1.165, 1.54) is 29.9 Å². The molecule has 1 N–H and O–H groups in total. The Hall–Kier alpha value is -2.22. The number of halogens is 1. The lowest BCUT2D eigenvalue weighted by atomic mass is 10.1. The molecule has 0 aliphatic rings. The highest BCUT2D eigenvalue weighted by atomic mass is 32.2. The number of carbonyl (C=O) groups is 1. The fraction of sp³-hybridized carbons (Fsp3) is 0.167. The summed E-state index contributed by atoms with van der Waals surface area (Å²) in [4.78, 5) is 10.4. The fourth-order valence-electron chi connectivity index (χ4n) is 1.91. The molecule has 2 rings (SSSR count). The van der Waals surface area contributed by atoms with Gasteiger partial charge in [0.1, 0.15) is 10.7 Å². The number of aromatic nitrogens is 2. The van der Waals surface area contributed by atoms with Crippen molar-refractivity contribution in [3.63, 3.8) is 0 Å². The number of carboxylic acids is 1. The van der Waals surface area contributed by atoms with E-state index in [0.717, 1.165) is 12.3 Å². The topological polar surface area (TPSA) is 89.3 Å². The average molecular weight is 298 g/mol. The molecule has 0 saturated carbocycles. The maximum atomic E-state index is 13.8. The van der Waals surface area contributed by atoms with Gasteiger partial charge in [-0.2, -0.15) is 5.10 Å². The highest BCUT2D eigenvalue weighted by Gasteiger charge is 2.22. The standard InChI is InChI=1S/C12H11FN2O4S/c1-15-10(6-9(14-15)12(16)17)7-4-3-5-8(13)11(7)20(2,18)19/h3-6H,1-2H3,(H,16,17). The lowest BCUT2D eigenvalue weighted by Crippen LogP contribution is -2.05. The summed E-state index contributed by atoms with van der Waals surface area (Å²) in [5.41, 5.74) is 0.0449. The van der Waals surface area contributed by atoms with Crippen LogP contribution in [0.25, 0.3) is 11.3 Å². The van der Waals surface area contributed by atoms with Crippen molar-refractivity contribution >= 4 is 15.8 Å². The van der Waals surface area contributed by atoms with Gasteiger partial charge in [-0.1, -0.05) is 12.1 Å². The van der Waals surface area contributed by atoms with E-state index in [9.17, 15) is 17.6 Å². The summed E-state index contributed by atoms with van der Waals surface area (Å²) < 4.78 is 38.4. The molecular formula is C12H11FN2O4S. The van der Waals surface area contributed by atoms with Crippen molar-refractivity contribution in [3.05, 3.63) is 35.8 Å². The molecule has 0 bridgehead atoms. The van der Waals surface area contributed by atoms with Gasteiger partial charge in [-0.15, -0.1) is 0 Å². The van der Waals surface area contributed by atoms with Gasteiger partial charge in [-0.05, 0) is 12.1 Å². The average Bonchev–Trinajstić information content (AvgIpc) is 2.69. The molecule has 1 aromatic heterocycles. The van der Waals surface area contributed by atoms with E-state index in [-0.39, 0.29) is 17.0 Å². The second kappa shape index (κ2) is 4.71. The van der Waals surface area contributed by atoms with Crippen molar-refractivity contribution < 1.29 is 22.7 Å². The SMILES string of the molecule is Cn1nc(C(=O)O)cc1-c1cccc(F)c1S(C)(=O)=O. The Labute approximate surface area is 114 Å². The van der Waals surface area contributed by atoms with Crippen LogP contribution in [0.3, 0.4) is 0 Å². The lowest BCUT2D eigenvalue weighted by molar-refractivity contribution is 0.0689. The summed E-state index contributed by atoms with van der Waals surface area (Å²) >= 11 is 0. The fourth-order valence-corrected chi connectivity index (χ4v) is 2.91. The van der Waals surface area contributed by atoms with E-state index >= 15 is 0 Å². The second-order valence-electron chi connectivity index (χ2n) is 4.23. The van der Waals surface area contributed by atoms with Crippen LogP contribution in [0.15, 0.2) is 29.2 Å². The third kappa shape index (κ3) is 2.42. The van der Waals surface area contributed by atoms with Gasteiger partial charge in [0.25, 0.3) is 0 Å². The number of rotatable bonds is 3. The smallest absolute Gasteiger partial charge is 0.356 e. The minimum absolute atomic E-state index is 0.0787. The van der Waals surface area contributed by atoms with Gasteiger partial charge in [0.15, 0.2) is 15.5 Å². The summed E-state index contributed by atoms with van der Waals surface area (Å²) in [6, 6.07) is 5.00. The molecule has 8 heteroatoms. The molecule has 0 aliphatic heterocycles. The van der Waals surface area contributed by atoms with Crippen LogP contribution in [0, 0.1) is 5.82 Å². The minimum atomic E-state index is -3.80. The predicted molar refractivity (Wildman–Crippen MR) is 68.7 cm³/mol. The summed E-state index contributed by atoms with van der Waals surface area (Å²) in [5.74, 6) is -2.13. The molecule has 106 valence electrons. The molecule has 0 spiro atoms. The highest BCUT2D eigenvalue weighted by molar-refractivity contribution is 7.90. The summed E-state index contributed by atoms with van der Waals surface area (Å²) in [7, 11) is -2.35. The van der Waals surface area contributed by atoms with Crippen LogP contribution >= 0.6 is 0 Å². The zero-order chi connectivity index (χ0) is 15.1. The Morgan fingerprint density at radius 1 is 1.40 bits per heavy atom. The molecule has 0 amide bonds. The lowest BCUT2D eigenvalue weighted by Gasteiger charge is -2.08. The highest BCUT2D eigenvalue weighted by Crippen LogP contribution is 2.29. The van der Waals surface area contributed by atoms with E-state index < -0.39 is 26.5 Å². The van der Waals surface area contributed by atoms with Crippen LogP contribution < -0.4 is 0 Å². The van der Waals surface area contributed by atoms with E-state index in [2.05, 4.69) is 5.10 Å². The van der Waals surface area contributed by atoms with Gasteiger partial charge in [0.2, 0.25) is 0 Å². The third-order valence-corrected chi connectivity index (χ3v) is 3.87. The summed E-state index contributed by atoms with van der Waals surface area (Å²) in [6.45, 7) is 0. The molecule has 0 saturated heterocycles. The number of aromatic carboxylic acids is 1. The van der Waals surface area contributed by atoms with Gasteiger partial charge in [0.05, 0.1) is 5.69 Å². The Balaban J connectivity index is 2.77. The molecule has 6 nitrogen and oxygen atoms in total. The first-order valence-electron chi connectivity index (χ1n) is 5.48. The Bertz CT molecular complexity index is 796. The third-order valence-electron chi connectivity index (χ3n) is 2.71. The van der Waals surface area contributed by atoms with Crippen LogP contribution in [-0.2, 0) is 16.9 Å². The molecule has 1 heterocycles. The monoisotopic (exact) mass is 298 g/mol. The summed E-state index contributed by atoms with van der Waals surface area (Å²) in [5, 5.41) is 12.6. The number of hydrogen-bond acceptors (Lipinski definition) is 4. The minimum Gasteiger partial charge on any atom is -0.476 e. The van der Waals surface area contributed by atoms with Crippen LogP contribution in [0.1, 0.15) is 10.5 Å². The molecule has 1 aromatic carbocycles. The van der Waals surface area contributed by atoms with Crippen molar-refractivity contribution in [1.29, 1.82) is 0 Å². The molecule has 0 radical (unpaired) electrons. The number of carboxylic acid groups (broad SMARTS) is 1. The normalized spacial score (nSPS) is 11.6. The molecule has 0 aliphatic carbocycles. The van der Waals surface area contributed by atoms with Crippen molar-refractivity contribution in [2.75, 3.05) is 6.26 Å². The number of nitrogens with zero attached hydrogens (tertiary/aromatic N) is 2. The van der Waals surface area contributed by atoms with Gasteiger partial charge in [0, 0.05) is 18.9 Å². The zero-order valence-corrected chi connectivity index (χ0v) is 11.5. The first kappa shape index (κ1) is 14.2. The van der Waals surface area contributed by atoms with Crippen molar-refractivity contribution in [2.24, 2.45) is 7.05 Å². The first-order chi connectivity index (χ1) is 9.21. The Morgan fingerprint density at radius 2 is 2.05 bits per heavy atom. The number of benzene rings is 1. The molecule has 2 aromatic rings. The summed E-state index contributed by atoms with van der Waals surface area (Å²) in [6.07, 6.45) is 0.892. The quantitative estimate of drug-likeness (QED) is 0.923. The molecule has 0 atom stereocenters. The maximum Gasteiger partial charge on any atom is 0.356 e.